The molecular formula is C21H25N3OS. The lowest BCUT2D eigenvalue weighted by Crippen LogP contribution is -2.49. The first-order valence-corrected chi connectivity index (χ1v) is 10.6. The van der Waals surface area contributed by atoms with Crippen LogP contribution >= 0.6 is 11.8 Å². The molecule has 0 spiro atoms. The first kappa shape index (κ1) is 17.6. The van der Waals surface area contributed by atoms with Crippen LogP contribution < -0.4 is 0 Å². The highest BCUT2D eigenvalue weighted by molar-refractivity contribution is 7.99. The van der Waals surface area contributed by atoms with Crippen molar-refractivity contribution in [3.8, 4) is 11.3 Å². The number of nitrogens with zero attached hydrogens (tertiary/aromatic N) is 3. The number of aromatic nitrogens is 1. The Morgan fingerprint density at radius 1 is 1.00 bits per heavy atom. The summed E-state index contributed by atoms with van der Waals surface area (Å²) >= 11 is 2.05. The SMILES string of the molecule is O=C(c1cccc(-c2ccccn2)c1)N1CCC(N2CCSCC2)CC1. The highest BCUT2D eigenvalue weighted by Gasteiger charge is 2.28. The van der Waals surface area contributed by atoms with Crippen LogP contribution in [-0.2, 0) is 0 Å². The van der Waals surface area contributed by atoms with Crippen LogP contribution in [0.15, 0.2) is 48.7 Å². The fourth-order valence-electron chi connectivity index (χ4n) is 3.90. The molecule has 0 bridgehead atoms. The van der Waals surface area contributed by atoms with E-state index >= 15 is 0 Å². The summed E-state index contributed by atoms with van der Waals surface area (Å²) in [6.07, 6.45) is 3.97. The van der Waals surface area contributed by atoms with Crippen LogP contribution in [0, 0.1) is 0 Å². The van der Waals surface area contributed by atoms with E-state index in [0.29, 0.717) is 6.04 Å². The number of likely N-dealkylation sites (tertiary alicyclic amines) is 1. The van der Waals surface area contributed by atoms with E-state index in [2.05, 4.69) is 21.6 Å². The molecule has 5 heteroatoms. The topological polar surface area (TPSA) is 36.4 Å². The summed E-state index contributed by atoms with van der Waals surface area (Å²) in [4.78, 5) is 22.0. The average Bonchev–Trinajstić information content (AvgIpc) is 2.75. The highest BCUT2D eigenvalue weighted by Crippen LogP contribution is 2.23. The van der Waals surface area contributed by atoms with E-state index < -0.39 is 0 Å². The maximum absolute atomic E-state index is 13.0. The first-order chi connectivity index (χ1) is 12.8. The minimum Gasteiger partial charge on any atom is -0.339 e. The van der Waals surface area contributed by atoms with Crippen molar-refractivity contribution in [3.05, 3.63) is 54.2 Å². The Hall–Kier alpha value is -1.85. The Bertz CT molecular complexity index is 738. The van der Waals surface area contributed by atoms with Crippen LogP contribution in [0.1, 0.15) is 23.2 Å². The molecule has 0 aliphatic carbocycles. The molecule has 4 rings (SSSR count). The van der Waals surface area contributed by atoms with Crippen LogP contribution in [0.3, 0.4) is 0 Å². The summed E-state index contributed by atoms with van der Waals surface area (Å²) in [5.41, 5.74) is 2.67. The second kappa shape index (κ2) is 8.23. The molecule has 26 heavy (non-hydrogen) atoms. The molecule has 0 saturated carbocycles. The van der Waals surface area contributed by atoms with Crippen LogP contribution in [0.2, 0.25) is 0 Å². The standard InChI is InChI=1S/C21H25N3OS/c25-21(18-5-3-4-17(16-18)20-6-1-2-9-22-20)24-10-7-19(8-11-24)23-12-14-26-15-13-23/h1-6,9,16,19H,7-8,10-15H2. The normalized spacial score (nSPS) is 19.5. The molecule has 2 saturated heterocycles. The number of carbonyl (C=O) groups excluding carboxylic acids is 1. The Morgan fingerprint density at radius 3 is 2.54 bits per heavy atom. The van der Waals surface area contributed by atoms with Gasteiger partial charge in [-0.1, -0.05) is 18.2 Å². The number of rotatable bonds is 3. The maximum atomic E-state index is 13.0. The molecule has 136 valence electrons. The van der Waals surface area contributed by atoms with Gasteiger partial charge in [-0.2, -0.15) is 11.8 Å². The lowest BCUT2D eigenvalue weighted by Gasteiger charge is -2.40. The minimum atomic E-state index is 0.149. The number of piperidine rings is 1. The number of benzene rings is 1. The number of hydrogen-bond donors (Lipinski definition) is 0. The van der Waals surface area contributed by atoms with E-state index in [-0.39, 0.29) is 5.91 Å². The van der Waals surface area contributed by atoms with E-state index in [1.807, 2.05) is 47.4 Å². The summed E-state index contributed by atoms with van der Waals surface area (Å²) < 4.78 is 0. The molecule has 0 atom stereocenters. The van der Waals surface area contributed by atoms with Crippen molar-refractivity contribution in [2.24, 2.45) is 0 Å². The zero-order valence-corrected chi connectivity index (χ0v) is 15.8. The summed E-state index contributed by atoms with van der Waals surface area (Å²) in [7, 11) is 0. The van der Waals surface area contributed by atoms with Gasteiger partial charge >= 0.3 is 0 Å². The molecule has 2 aromatic rings. The second-order valence-corrected chi connectivity index (χ2v) is 8.19. The first-order valence-electron chi connectivity index (χ1n) is 9.44. The number of thioether (sulfide) groups is 1. The predicted octanol–water partition coefficient (Wildman–Crippen LogP) is 3.40. The number of hydrogen-bond acceptors (Lipinski definition) is 4. The van der Waals surface area contributed by atoms with Crippen molar-refractivity contribution >= 4 is 17.7 Å². The largest absolute Gasteiger partial charge is 0.339 e. The zero-order chi connectivity index (χ0) is 17.8. The van der Waals surface area contributed by atoms with Gasteiger partial charge in [0.2, 0.25) is 0 Å². The van der Waals surface area contributed by atoms with Gasteiger partial charge in [0.15, 0.2) is 0 Å². The van der Waals surface area contributed by atoms with Gasteiger partial charge in [0.25, 0.3) is 5.91 Å². The fourth-order valence-corrected chi connectivity index (χ4v) is 4.84. The highest BCUT2D eigenvalue weighted by atomic mass is 32.2. The number of pyridine rings is 1. The summed E-state index contributed by atoms with van der Waals surface area (Å²) in [6.45, 7) is 4.13. The predicted molar refractivity (Wildman–Crippen MR) is 107 cm³/mol. The third-order valence-corrected chi connectivity index (χ3v) is 6.33. The van der Waals surface area contributed by atoms with E-state index in [4.69, 9.17) is 0 Å². The second-order valence-electron chi connectivity index (χ2n) is 6.97. The molecule has 2 aliphatic rings. The zero-order valence-electron chi connectivity index (χ0n) is 15.0. The number of amides is 1. The molecule has 0 N–H and O–H groups in total. The van der Waals surface area contributed by atoms with Crippen molar-refractivity contribution < 1.29 is 4.79 Å². The lowest BCUT2D eigenvalue weighted by molar-refractivity contribution is 0.0631. The molecule has 1 aromatic carbocycles. The Balaban J connectivity index is 1.41. The molecular weight excluding hydrogens is 342 g/mol. The Kier molecular flexibility index (Phi) is 5.56. The Labute approximate surface area is 159 Å². The van der Waals surface area contributed by atoms with E-state index in [9.17, 15) is 4.79 Å². The molecule has 1 aromatic heterocycles. The summed E-state index contributed by atoms with van der Waals surface area (Å²) in [5, 5.41) is 0. The minimum absolute atomic E-state index is 0.149. The average molecular weight is 368 g/mol. The fraction of sp³-hybridized carbons (Fsp3) is 0.429. The van der Waals surface area contributed by atoms with E-state index in [0.717, 1.165) is 42.8 Å². The Morgan fingerprint density at radius 2 is 1.81 bits per heavy atom. The molecule has 4 nitrogen and oxygen atoms in total. The van der Waals surface area contributed by atoms with Crippen molar-refractivity contribution in [1.29, 1.82) is 0 Å². The van der Waals surface area contributed by atoms with Crippen molar-refractivity contribution in [1.82, 2.24) is 14.8 Å². The molecule has 0 radical (unpaired) electrons. The van der Waals surface area contributed by atoms with Crippen molar-refractivity contribution in [2.45, 2.75) is 18.9 Å². The van der Waals surface area contributed by atoms with Gasteiger partial charge in [0.1, 0.15) is 0 Å². The molecule has 2 aliphatic heterocycles. The van der Waals surface area contributed by atoms with Crippen LogP contribution in [0.5, 0.6) is 0 Å². The van der Waals surface area contributed by atoms with Crippen molar-refractivity contribution in [2.75, 3.05) is 37.7 Å². The van der Waals surface area contributed by atoms with Gasteiger partial charge in [-0.25, -0.2) is 0 Å². The van der Waals surface area contributed by atoms with Gasteiger partial charge in [-0.05, 0) is 37.1 Å². The smallest absolute Gasteiger partial charge is 0.253 e. The van der Waals surface area contributed by atoms with Crippen molar-refractivity contribution in [3.63, 3.8) is 0 Å². The molecule has 3 heterocycles. The van der Waals surface area contributed by atoms with Crippen LogP contribution in [0.4, 0.5) is 0 Å². The van der Waals surface area contributed by atoms with E-state index in [1.54, 1.807) is 6.20 Å². The summed E-state index contributed by atoms with van der Waals surface area (Å²) in [6, 6.07) is 14.4. The molecule has 0 unspecified atom stereocenters. The number of carbonyl (C=O) groups is 1. The van der Waals surface area contributed by atoms with Gasteiger partial charge in [-0.3, -0.25) is 14.7 Å². The van der Waals surface area contributed by atoms with Crippen LogP contribution in [0.25, 0.3) is 11.3 Å². The molecule has 2 fully saturated rings. The van der Waals surface area contributed by atoms with Gasteiger partial charge < -0.3 is 4.90 Å². The van der Waals surface area contributed by atoms with Gasteiger partial charge in [-0.15, -0.1) is 0 Å². The summed E-state index contributed by atoms with van der Waals surface area (Å²) in [5.74, 6) is 2.65. The lowest BCUT2D eigenvalue weighted by atomic mass is 10.0. The van der Waals surface area contributed by atoms with Gasteiger partial charge in [0.05, 0.1) is 5.69 Å². The third kappa shape index (κ3) is 3.94. The van der Waals surface area contributed by atoms with Crippen LogP contribution in [-0.4, -0.2) is 64.4 Å². The van der Waals surface area contributed by atoms with E-state index in [1.165, 1.54) is 24.6 Å². The third-order valence-electron chi connectivity index (χ3n) is 5.38. The molecule has 1 amide bonds. The maximum Gasteiger partial charge on any atom is 0.253 e. The van der Waals surface area contributed by atoms with Gasteiger partial charge in [0, 0.05) is 61.1 Å². The quantitative estimate of drug-likeness (QED) is 0.833. The monoisotopic (exact) mass is 367 g/mol.